The van der Waals surface area contributed by atoms with Crippen LogP contribution in [0.4, 0.5) is 0 Å². The van der Waals surface area contributed by atoms with Crippen molar-refractivity contribution in [1.82, 2.24) is 10.3 Å². The molecule has 1 aromatic heterocycles. The van der Waals surface area contributed by atoms with Gasteiger partial charge >= 0.3 is 0 Å². The fraction of sp³-hybridized carbons (Fsp3) is 0.643. The minimum absolute atomic E-state index is 0.646. The number of nitrogens with zero attached hydrogens (tertiary/aromatic N) is 1. The van der Waals surface area contributed by atoms with Crippen molar-refractivity contribution in [2.75, 3.05) is 19.7 Å². The second-order valence-corrected chi connectivity index (χ2v) is 4.82. The Morgan fingerprint density at radius 2 is 2.47 bits per heavy atom. The summed E-state index contributed by atoms with van der Waals surface area (Å²) < 4.78 is 5.71. The van der Waals surface area contributed by atoms with Gasteiger partial charge in [-0.25, -0.2) is 0 Å². The SMILES string of the molecule is Cc1cccnc1COCCC1CCCNC1. The first-order valence-corrected chi connectivity index (χ1v) is 6.55. The summed E-state index contributed by atoms with van der Waals surface area (Å²) in [5.74, 6) is 0.800. The highest BCUT2D eigenvalue weighted by Gasteiger charge is 2.12. The molecule has 0 saturated carbocycles. The molecule has 2 rings (SSSR count). The lowest BCUT2D eigenvalue weighted by Crippen LogP contribution is -2.30. The zero-order valence-electron chi connectivity index (χ0n) is 10.6. The first-order chi connectivity index (χ1) is 8.36. The molecule has 1 atom stereocenters. The van der Waals surface area contributed by atoms with E-state index in [0.29, 0.717) is 6.61 Å². The molecule has 0 radical (unpaired) electrons. The number of hydrogen-bond donors (Lipinski definition) is 1. The Hall–Kier alpha value is -0.930. The van der Waals surface area contributed by atoms with Crippen molar-refractivity contribution in [2.24, 2.45) is 5.92 Å². The molecule has 17 heavy (non-hydrogen) atoms. The van der Waals surface area contributed by atoms with Crippen molar-refractivity contribution in [2.45, 2.75) is 32.8 Å². The Morgan fingerprint density at radius 1 is 1.53 bits per heavy atom. The molecule has 3 nitrogen and oxygen atoms in total. The Balaban J connectivity index is 1.64. The maximum absolute atomic E-state index is 5.71. The number of piperidine rings is 1. The third kappa shape index (κ3) is 4.10. The number of rotatable bonds is 5. The number of pyridine rings is 1. The molecular weight excluding hydrogens is 212 g/mol. The van der Waals surface area contributed by atoms with Crippen LogP contribution in [-0.4, -0.2) is 24.7 Å². The van der Waals surface area contributed by atoms with E-state index in [-0.39, 0.29) is 0 Å². The molecule has 3 heteroatoms. The standard InChI is InChI=1S/C14H22N2O/c1-12-4-2-8-16-14(12)11-17-9-6-13-5-3-7-15-10-13/h2,4,8,13,15H,3,5-7,9-11H2,1H3. The topological polar surface area (TPSA) is 34.1 Å². The highest BCUT2D eigenvalue weighted by molar-refractivity contribution is 5.16. The lowest BCUT2D eigenvalue weighted by Gasteiger charge is -2.22. The maximum Gasteiger partial charge on any atom is 0.0890 e. The highest BCUT2D eigenvalue weighted by Crippen LogP contribution is 2.14. The second-order valence-electron chi connectivity index (χ2n) is 4.82. The van der Waals surface area contributed by atoms with Gasteiger partial charge in [0.05, 0.1) is 12.3 Å². The minimum atomic E-state index is 0.646. The van der Waals surface area contributed by atoms with Crippen molar-refractivity contribution >= 4 is 0 Å². The Morgan fingerprint density at radius 3 is 3.24 bits per heavy atom. The quantitative estimate of drug-likeness (QED) is 0.794. The van der Waals surface area contributed by atoms with E-state index in [1.54, 1.807) is 0 Å². The summed E-state index contributed by atoms with van der Waals surface area (Å²) in [4.78, 5) is 4.33. The average molecular weight is 234 g/mol. The molecule has 1 N–H and O–H groups in total. The third-order valence-electron chi connectivity index (χ3n) is 3.43. The van der Waals surface area contributed by atoms with Gasteiger partial charge in [0, 0.05) is 12.8 Å². The molecule has 94 valence electrons. The monoisotopic (exact) mass is 234 g/mol. The van der Waals surface area contributed by atoms with Gasteiger partial charge in [-0.15, -0.1) is 0 Å². The van der Waals surface area contributed by atoms with Crippen LogP contribution < -0.4 is 5.32 Å². The van der Waals surface area contributed by atoms with Crippen LogP contribution in [-0.2, 0) is 11.3 Å². The Labute approximate surface area is 104 Å². The van der Waals surface area contributed by atoms with Gasteiger partial charge in [-0.3, -0.25) is 4.98 Å². The predicted octanol–water partition coefficient (Wildman–Crippen LogP) is 2.30. The average Bonchev–Trinajstić information content (AvgIpc) is 2.38. The van der Waals surface area contributed by atoms with Gasteiger partial charge in [0.2, 0.25) is 0 Å². The second kappa shape index (κ2) is 6.72. The third-order valence-corrected chi connectivity index (χ3v) is 3.43. The summed E-state index contributed by atoms with van der Waals surface area (Å²) in [5.41, 5.74) is 2.28. The fourth-order valence-electron chi connectivity index (χ4n) is 2.26. The lowest BCUT2D eigenvalue weighted by molar-refractivity contribution is 0.101. The number of ether oxygens (including phenoxy) is 1. The van der Waals surface area contributed by atoms with Gasteiger partial charge < -0.3 is 10.1 Å². The first-order valence-electron chi connectivity index (χ1n) is 6.55. The van der Waals surface area contributed by atoms with E-state index in [1.165, 1.54) is 31.4 Å². The summed E-state index contributed by atoms with van der Waals surface area (Å²) >= 11 is 0. The van der Waals surface area contributed by atoms with Gasteiger partial charge in [0.25, 0.3) is 0 Å². The van der Waals surface area contributed by atoms with Gasteiger partial charge in [0.15, 0.2) is 0 Å². The smallest absolute Gasteiger partial charge is 0.0890 e. The van der Waals surface area contributed by atoms with Crippen molar-refractivity contribution < 1.29 is 4.74 Å². The first kappa shape index (κ1) is 12.5. The molecule has 0 bridgehead atoms. The molecule has 1 fully saturated rings. The van der Waals surface area contributed by atoms with Gasteiger partial charge in [-0.1, -0.05) is 6.07 Å². The van der Waals surface area contributed by atoms with E-state index in [4.69, 9.17) is 4.74 Å². The van der Waals surface area contributed by atoms with E-state index in [2.05, 4.69) is 23.3 Å². The fourth-order valence-corrected chi connectivity index (χ4v) is 2.26. The van der Waals surface area contributed by atoms with Crippen molar-refractivity contribution in [3.63, 3.8) is 0 Å². The molecule has 0 spiro atoms. The summed E-state index contributed by atoms with van der Waals surface area (Å²) in [6, 6.07) is 4.04. The molecule has 1 saturated heterocycles. The van der Waals surface area contributed by atoms with Gasteiger partial charge in [-0.05, 0) is 56.8 Å². The van der Waals surface area contributed by atoms with E-state index in [1.807, 2.05) is 12.3 Å². The summed E-state index contributed by atoms with van der Waals surface area (Å²) in [5, 5.41) is 3.43. The molecule has 0 aliphatic carbocycles. The van der Waals surface area contributed by atoms with Crippen LogP contribution >= 0.6 is 0 Å². The molecular formula is C14H22N2O. The normalized spacial score (nSPS) is 20.4. The van der Waals surface area contributed by atoms with E-state index >= 15 is 0 Å². The molecule has 0 aromatic carbocycles. The zero-order valence-corrected chi connectivity index (χ0v) is 10.6. The Kier molecular flexibility index (Phi) is 4.95. The van der Waals surface area contributed by atoms with Gasteiger partial charge in [0.1, 0.15) is 0 Å². The van der Waals surface area contributed by atoms with Crippen LogP contribution in [0.25, 0.3) is 0 Å². The van der Waals surface area contributed by atoms with Crippen LogP contribution in [0.3, 0.4) is 0 Å². The van der Waals surface area contributed by atoms with Crippen molar-refractivity contribution in [3.05, 3.63) is 29.6 Å². The van der Waals surface area contributed by atoms with Crippen LogP contribution in [0, 0.1) is 12.8 Å². The van der Waals surface area contributed by atoms with E-state index < -0.39 is 0 Å². The maximum atomic E-state index is 5.71. The number of nitrogens with one attached hydrogen (secondary N) is 1. The summed E-state index contributed by atoms with van der Waals surface area (Å²) in [7, 11) is 0. The molecule has 1 aromatic rings. The Bertz CT molecular complexity index is 335. The van der Waals surface area contributed by atoms with Gasteiger partial charge in [-0.2, -0.15) is 0 Å². The lowest BCUT2D eigenvalue weighted by atomic mass is 9.97. The molecule has 1 aliphatic rings. The van der Waals surface area contributed by atoms with Crippen molar-refractivity contribution in [3.8, 4) is 0 Å². The van der Waals surface area contributed by atoms with E-state index in [9.17, 15) is 0 Å². The molecule has 1 unspecified atom stereocenters. The van der Waals surface area contributed by atoms with Crippen LogP contribution in [0.1, 0.15) is 30.5 Å². The molecule has 1 aliphatic heterocycles. The largest absolute Gasteiger partial charge is 0.375 e. The van der Waals surface area contributed by atoms with Crippen LogP contribution in [0.2, 0.25) is 0 Å². The summed E-state index contributed by atoms with van der Waals surface area (Å²) in [6.07, 6.45) is 5.65. The summed E-state index contributed by atoms with van der Waals surface area (Å²) in [6.45, 7) is 5.92. The number of hydrogen-bond acceptors (Lipinski definition) is 3. The van der Waals surface area contributed by atoms with Crippen LogP contribution in [0.15, 0.2) is 18.3 Å². The zero-order chi connectivity index (χ0) is 11.9. The highest BCUT2D eigenvalue weighted by atomic mass is 16.5. The number of aryl methyl sites for hydroxylation is 1. The number of aromatic nitrogens is 1. The molecule has 0 amide bonds. The van der Waals surface area contributed by atoms with E-state index in [0.717, 1.165) is 24.8 Å². The van der Waals surface area contributed by atoms with Crippen molar-refractivity contribution in [1.29, 1.82) is 0 Å². The predicted molar refractivity (Wildman–Crippen MR) is 68.8 cm³/mol. The van der Waals surface area contributed by atoms with Crippen LogP contribution in [0.5, 0.6) is 0 Å². The minimum Gasteiger partial charge on any atom is -0.375 e. The molecule has 2 heterocycles.